The van der Waals surface area contributed by atoms with E-state index in [0.29, 0.717) is 32.4 Å². The average Bonchev–Trinajstić information content (AvgIpc) is 2.89. The maximum absolute atomic E-state index is 12.5. The third kappa shape index (κ3) is 3.96. The van der Waals surface area contributed by atoms with E-state index in [1.165, 1.54) is 0 Å². The summed E-state index contributed by atoms with van der Waals surface area (Å²) in [4.78, 5) is 16.9. The molecule has 0 bridgehead atoms. The molecule has 3 fully saturated rings. The van der Waals surface area contributed by atoms with Crippen molar-refractivity contribution in [2.45, 2.75) is 55.6 Å². The van der Waals surface area contributed by atoms with Crippen molar-refractivity contribution in [2.24, 2.45) is 0 Å². The van der Waals surface area contributed by atoms with Gasteiger partial charge in [-0.2, -0.15) is 0 Å². The van der Waals surface area contributed by atoms with E-state index in [0.717, 1.165) is 25.0 Å². The molecule has 1 saturated carbocycles. The Bertz CT molecular complexity index is 794. The fourth-order valence-corrected chi connectivity index (χ4v) is 6.58. The van der Waals surface area contributed by atoms with E-state index in [2.05, 4.69) is 15.6 Å². The minimum absolute atomic E-state index is 0.0563. The zero-order chi connectivity index (χ0) is 19.0. The molecule has 8 heteroatoms. The minimum Gasteiger partial charge on any atom is -0.374 e. The first-order valence-electron chi connectivity index (χ1n) is 9.71. The van der Waals surface area contributed by atoms with Crippen LogP contribution in [0.25, 0.3) is 0 Å². The Kier molecular flexibility index (Phi) is 4.88. The molecule has 1 aromatic heterocycles. The number of urea groups is 1. The molecule has 2 N–H and O–H groups in total. The summed E-state index contributed by atoms with van der Waals surface area (Å²) in [7, 11) is -3.02. The van der Waals surface area contributed by atoms with Crippen LogP contribution in [0.4, 0.5) is 4.79 Å². The molecule has 3 aliphatic rings. The largest absolute Gasteiger partial charge is 0.374 e. The molecule has 1 aliphatic carbocycles. The molecule has 1 spiro atoms. The highest BCUT2D eigenvalue weighted by atomic mass is 32.2. The van der Waals surface area contributed by atoms with Crippen LogP contribution in [0, 0.1) is 0 Å². The smallest absolute Gasteiger partial charge is 0.315 e. The zero-order valence-electron chi connectivity index (χ0n) is 15.4. The number of hydrogen-bond donors (Lipinski definition) is 2. The summed E-state index contributed by atoms with van der Waals surface area (Å²) in [6.07, 6.45) is 6.80. The Morgan fingerprint density at radius 2 is 2.15 bits per heavy atom. The van der Waals surface area contributed by atoms with Crippen molar-refractivity contribution in [3.63, 3.8) is 0 Å². The molecular weight excluding hydrogens is 366 g/mol. The van der Waals surface area contributed by atoms with E-state index >= 15 is 0 Å². The summed E-state index contributed by atoms with van der Waals surface area (Å²) in [5.74, 6) is 0.251. The first-order chi connectivity index (χ1) is 12.9. The molecule has 2 unspecified atom stereocenters. The molecule has 2 atom stereocenters. The zero-order valence-corrected chi connectivity index (χ0v) is 16.3. The Balaban J connectivity index is 1.32. The maximum Gasteiger partial charge on any atom is 0.315 e. The Morgan fingerprint density at radius 3 is 2.78 bits per heavy atom. The maximum atomic E-state index is 12.5. The highest BCUT2D eigenvalue weighted by molar-refractivity contribution is 7.91. The molecule has 2 amide bonds. The van der Waals surface area contributed by atoms with Crippen LogP contribution in [0.1, 0.15) is 44.2 Å². The molecular formula is C19H27N3O4S. The summed E-state index contributed by atoms with van der Waals surface area (Å²) in [5, 5.41) is 6.04. The number of hydrogen-bond acceptors (Lipinski definition) is 5. The van der Waals surface area contributed by atoms with E-state index in [4.69, 9.17) is 4.74 Å². The van der Waals surface area contributed by atoms with Gasteiger partial charge in [0.05, 0.1) is 17.1 Å². The monoisotopic (exact) mass is 393 g/mol. The number of amides is 2. The molecule has 148 valence electrons. The van der Waals surface area contributed by atoms with Crippen LogP contribution >= 0.6 is 0 Å². The summed E-state index contributed by atoms with van der Waals surface area (Å²) in [6, 6.07) is 5.67. The van der Waals surface area contributed by atoms with E-state index < -0.39 is 15.4 Å². The van der Waals surface area contributed by atoms with Gasteiger partial charge < -0.3 is 15.4 Å². The van der Waals surface area contributed by atoms with Crippen molar-refractivity contribution in [3.05, 3.63) is 30.1 Å². The van der Waals surface area contributed by atoms with E-state index in [1.54, 1.807) is 6.20 Å². The van der Waals surface area contributed by atoms with Crippen molar-refractivity contribution in [1.29, 1.82) is 0 Å². The van der Waals surface area contributed by atoms with Gasteiger partial charge in [-0.3, -0.25) is 4.98 Å². The lowest BCUT2D eigenvalue weighted by atomic mass is 9.66. The normalized spacial score (nSPS) is 31.2. The third-order valence-electron chi connectivity index (χ3n) is 6.29. The van der Waals surface area contributed by atoms with Crippen LogP contribution in [-0.4, -0.2) is 55.7 Å². The summed E-state index contributed by atoms with van der Waals surface area (Å²) in [6.45, 7) is 1.05. The number of aromatic nitrogens is 1. The Hall–Kier alpha value is -1.67. The van der Waals surface area contributed by atoms with Gasteiger partial charge in [0, 0.05) is 36.5 Å². The summed E-state index contributed by atoms with van der Waals surface area (Å²) < 4.78 is 29.5. The van der Waals surface area contributed by atoms with Crippen molar-refractivity contribution in [2.75, 3.05) is 24.7 Å². The van der Waals surface area contributed by atoms with E-state index in [9.17, 15) is 13.2 Å². The average molecular weight is 394 g/mol. The standard InChI is InChI=1S/C19H27N3O4S/c23-17(21-13-18(6-3-7-18)16-4-1-2-9-20-16)22-15-5-10-26-19(12-15)8-11-27(24,25)14-19/h1-2,4,9,15H,3,5-8,10-14H2,(H2,21,22,23). The van der Waals surface area contributed by atoms with Gasteiger partial charge in [0.2, 0.25) is 0 Å². The van der Waals surface area contributed by atoms with Crippen molar-refractivity contribution < 1.29 is 17.9 Å². The molecule has 0 aromatic carbocycles. The first-order valence-corrected chi connectivity index (χ1v) is 11.5. The fourth-order valence-electron chi connectivity index (χ4n) is 4.60. The van der Waals surface area contributed by atoms with Crippen LogP contribution in [-0.2, 0) is 20.0 Å². The second kappa shape index (κ2) is 7.05. The number of carbonyl (C=O) groups is 1. The molecule has 27 heavy (non-hydrogen) atoms. The minimum atomic E-state index is -3.02. The first kappa shape index (κ1) is 18.7. The number of pyridine rings is 1. The second-order valence-corrected chi connectivity index (χ2v) is 10.4. The van der Waals surface area contributed by atoms with Crippen molar-refractivity contribution >= 4 is 15.9 Å². The molecule has 0 radical (unpaired) electrons. The summed E-state index contributed by atoms with van der Waals surface area (Å²) in [5.41, 5.74) is 0.366. The van der Waals surface area contributed by atoms with Gasteiger partial charge in [0.15, 0.2) is 9.84 Å². The third-order valence-corrected chi connectivity index (χ3v) is 8.08. The fraction of sp³-hybridized carbons (Fsp3) is 0.684. The van der Waals surface area contributed by atoms with Gasteiger partial charge in [0.25, 0.3) is 0 Å². The number of ether oxygens (including phenoxy) is 1. The predicted octanol–water partition coefficient (Wildman–Crippen LogP) is 1.54. The predicted molar refractivity (Wildman–Crippen MR) is 101 cm³/mol. The van der Waals surface area contributed by atoms with Gasteiger partial charge >= 0.3 is 6.03 Å². The number of sulfone groups is 1. The Labute approximate surface area is 160 Å². The molecule has 1 aromatic rings. The topological polar surface area (TPSA) is 97.4 Å². The highest BCUT2D eigenvalue weighted by Crippen LogP contribution is 2.42. The van der Waals surface area contributed by atoms with Gasteiger partial charge in [0.1, 0.15) is 0 Å². The van der Waals surface area contributed by atoms with Crippen molar-refractivity contribution in [3.8, 4) is 0 Å². The molecule has 2 aliphatic heterocycles. The number of nitrogens with zero attached hydrogens (tertiary/aromatic N) is 1. The van der Waals surface area contributed by atoms with Gasteiger partial charge in [-0.05, 0) is 44.2 Å². The van der Waals surface area contributed by atoms with E-state index in [-0.39, 0.29) is 29.0 Å². The number of nitrogens with one attached hydrogen (secondary N) is 2. The molecule has 4 rings (SSSR count). The van der Waals surface area contributed by atoms with E-state index in [1.807, 2.05) is 18.2 Å². The number of rotatable bonds is 4. The second-order valence-electron chi connectivity index (χ2n) is 8.24. The quantitative estimate of drug-likeness (QED) is 0.809. The van der Waals surface area contributed by atoms with Crippen LogP contribution in [0.15, 0.2) is 24.4 Å². The molecule has 3 heterocycles. The molecule has 2 saturated heterocycles. The number of carbonyl (C=O) groups excluding carboxylic acids is 1. The lowest BCUT2D eigenvalue weighted by Gasteiger charge is -2.42. The van der Waals surface area contributed by atoms with Crippen LogP contribution in [0.5, 0.6) is 0 Å². The Morgan fingerprint density at radius 1 is 1.30 bits per heavy atom. The van der Waals surface area contributed by atoms with Gasteiger partial charge in [-0.25, -0.2) is 13.2 Å². The molecule has 7 nitrogen and oxygen atoms in total. The van der Waals surface area contributed by atoms with Gasteiger partial charge in [-0.1, -0.05) is 12.5 Å². The summed E-state index contributed by atoms with van der Waals surface area (Å²) >= 11 is 0. The van der Waals surface area contributed by atoms with Crippen LogP contribution < -0.4 is 10.6 Å². The van der Waals surface area contributed by atoms with Crippen LogP contribution in [0.2, 0.25) is 0 Å². The lowest BCUT2D eigenvalue weighted by Crippen LogP contribution is -2.54. The van der Waals surface area contributed by atoms with Gasteiger partial charge in [-0.15, -0.1) is 0 Å². The lowest BCUT2D eigenvalue weighted by molar-refractivity contribution is -0.0687. The van der Waals surface area contributed by atoms with Crippen LogP contribution in [0.3, 0.4) is 0 Å². The van der Waals surface area contributed by atoms with Crippen molar-refractivity contribution in [1.82, 2.24) is 15.6 Å². The highest BCUT2D eigenvalue weighted by Gasteiger charge is 2.47. The SMILES string of the molecule is O=C(NCC1(c2ccccn2)CCC1)NC1CCOC2(CCS(=O)(=O)C2)C1.